The van der Waals surface area contributed by atoms with Gasteiger partial charge in [0.1, 0.15) is 0 Å². The number of rotatable bonds is 6. The molecule has 148 valence electrons. The number of carbonyl (C=O) groups excluding carboxylic acids is 1. The molecule has 30 heavy (non-hydrogen) atoms. The molecule has 5 rings (SSSR count). The molecule has 4 heterocycles. The average molecular weight is 435 g/mol. The molecule has 0 aliphatic heterocycles. The fraction of sp³-hybridized carbons (Fsp3) is 0.0500. The van der Waals surface area contributed by atoms with Gasteiger partial charge in [0, 0.05) is 0 Å². The summed E-state index contributed by atoms with van der Waals surface area (Å²) in [5.41, 5.74) is 0.796. The summed E-state index contributed by atoms with van der Waals surface area (Å²) in [6.07, 6.45) is 0. The summed E-state index contributed by atoms with van der Waals surface area (Å²) in [4.78, 5) is 23.0. The zero-order chi connectivity index (χ0) is 20.3. The van der Waals surface area contributed by atoms with Gasteiger partial charge < -0.3 is 9.26 Å². The first-order valence-corrected chi connectivity index (χ1v) is 10.6. The molecule has 0 saturated carbocycles. The largest absolute Gasteiger partial charge is 0.450 e. The molecule has 8 nitrogen and oxygen atoms in total. The van der Waals surface area contributed by atoms with Crippen molar-refractivity contribution in [2.24, 2.45) is 0 Å². The fourth-order valence-electron chi connectivity index (χ4n) is 2.72. The van der Waals surface area contributed by atoms with Crippen LogP contribution in [0.2, 0.25) is 0 Å². The smallest absolute Gasteiger partial charge is 0.378 e. The Bertz CT molecular complexity index is 1260. The van der Waals surface area contributed by atoms with E-state index in [1.54, 1.807) is 4.68 Å². The van der Waals surface area contributed by atoms with Crippen molar-refractivity contribution < 1.29 is 14.1 Å². The summed E-state index contributed by atoms with van der Waals surface area (Å²) in [5.74, 6) is 0.523. The Kier molecular flexibility index (Phi) is 4.91. The molecule has 4 aromatic heterocycles. The maximum absolute atomic E-state index is 12.6. The number of benzene rings is 1. The predicted molar refractivity (Wildman–Crippen MR) is 111 cm³/mol. The van der Waals surface area contributed by atoms with Gasteiger partial charge in [-0.25, -0.2) is 9.48 Å². The Morgan fingerprint density at radius 1 is 0.967 bits per heavy atom. The SMILES string of the molecule is O=C(OCc1nc(-c2cccs2)no1)c1nc(-c2cccs2)n(-c2ccccc2)n1. The van der Waals surface area contributed by atoms with E-state index in [0.29, 0.717) is 11.6 Å². The molecule has 0 unspecified atom stereocenters. The van der Waals surface area contributed by atoms with E-state index in [9.17, 15) is 4.79 Å². The van der Waals surface area contributed by atoms with Gasteiger partial charge >= 0.3 is 5.97 Å². The van der Waals surface area contributed by atoms with Crippen LogP contribution in [0, 0.1) is 0 Å². The number of nitrogens with zero attached hydrogens (tertiary/aromatic N) is 5. The van der Waals surface area contributed by atoms with Gasteiger partial charge in [0.15, 0.2) is 12.4 Å². The minimum absolute atomic E-state index is 0.0414. The van der Waals surface area contributed by atoms with Crippen molar-refractivity contribution in [3.05, 3.63) is 77.1 Å². The third-order valence-corrected chi connectivity index (χ3v) is 5.80. The predicted octanol–water partition coefficient (Wildman–Crippen LogP) is 4.46. The number of thiophene rings is 2. The van der Waals surface area contributed by atoms with Crippen molar-refractivity contribution in [1.29, 1.82) is 0 Å². The Hall–Kier alpha value is -3.63. The Balaban J connectivity index is 1.37. The molecular formula is C20H13N5O3S2. The van der Waals surface area contributed by atoms with Crippen LogP contribution in [0.3, 0.4) is 0 Å². The van der Waals surface area contributed by atoms with Gasteiger partial charge in [-0.1, -0.05) is 35.5 Å². The minimum atomic E-state index is -0.668. The van der Waals surface area contributed by atoms with Crippen LogP contribution < -0.4 is 0 Å². The number of hydrogen-bond donors (Lipinski definition) is 0. The number of para-hydroxylation sites is 1. The summed E-state index contributed by atoms with van der Waals surface area (Å²) in [6, 6.07) is 17.1. The van der Waals surface area contributed by atoms with Crippen LogP contribution in [-0.2, 0) is 11.3 Å². The van der Waals surface area contributed by atoms with E-state index in [4.69, 9.17) is 9.26 Å². The second kappa shape index (κ2) is 8.01. The molecule has 0 saturated heterocycles. The van der Waals surface area contributed by atoms with Gasteiger partial charge in [0.05, 0.1) is 15.4 Å². The lowest BCUT2D eigenvalue weighted by molar-refractivity contribution is 0.0415. The lowest BCUT2D eigenvalue weighted by Crippen LogP contribution is -2.08. The molecule has 1 aromatic carbocycles. The van der Waals surface area contributed by atoms with E-state index in [-0.39, 0.29) is 18.3 Å². The number of esters is 1. The van der Waals surface area contributed by atoms with Gasteiger partial charge in [-0.2, -0.15) is 9.97 Å². The van der Waals surface area contributed by atoms with Crippen LogP contribution in [0.1, 0.15) is 16.5 Å². The average Bonchev–Trinajstić information content (AvgIpc) is 3.57. The van der Waals surface area contributed by atoms with E-state index in [0.717, 1.165) is 15.4 Å². The van der Waals surface area contributed by atoms with Crippen molar-refractivity contribution >= 4 is 28.6 Å². The molecule has 0 aliphatic rings. The van der Waals surface area contributed by atoms with E-state index in [2.05, 4.69) is 20.2 Å². The zero-order valence-corrected chi connectivity index (χ0v) is 17.0. The first-order valence-electron chi connectivity index (χ1n) is 8.88. The summed E-state index contributed by atoms with van der Waals surface area (Å²) < 4.78 is 12.1. The van der Waals surface area contributed by atoms with Crippen molar-refractivity contribution in [2.45, 2.75) is 6.61 Å². The van der Waals surface area contributed by atoms with Crippen LogP contribution >= 0.6 is 22.7 Å². The number of carbonyl (C=O) groups is 1. The summed E-state index contributed by atoms with van der Waals surface area (Å²) in [5, 5.41) is 12.1. The topological polar surface area (TPSA) is 95.9 Å². The third-order valence-electron chi connectivity index (χ3n) is 4.07. The molecule has 0 bridgehead atoms. The monoisotopic (exact) mass is 435 g/mol. The fourth-order valence-corrected chi connectivity index (χ4v) is 4.07. The van der Waals surface area contributed by atoms with E-state index in [1.165, 1.54) is 22.7 Å². The van der Waals surface area contributed by atoms with Crippen molar-refractivity contribution in [2.75, 3.05) is 0 Å². The highest BCUT2D eigenvalue weighted by Crippen LogP contribution is 2.26. The van der Waals surface area contributed by atoms with Crippen LogP contribution in [0.4, 0.5) is 0 Å². The third kappa shape index (κ3) is 3.65. The number of ether oxygens (including phenoxy) is 1. The molecule has 0 N–H and O–H groups in total. The first-order chi connectivity index (χ1) is 14.8. The first kappa shape index (κ1) is 18.4. The Morgan fingerprint density at radius 3 is 2.47 bits per heavy atom. The quantitative estimate of drug-likeness (QED) is 0.363. The van der Waals surface area contributed by atoms with Crippen molar-refractivity contribution in [3.8, 4) is 27.1 Å². The highest BCUT2D eigenvalue weighted by molar-refractivity contribution is 7.13. The number of aromatic nitrogens is 5. The molecule has 0 amide bonds. The molecule has 0 aliphatic carbocycles. The molecule has 0 atom stereocenters. The van der Waals surface area contributed by atoms with E-state index >= 15 is 0 Å². The molecule has 0 spiro atoms. The highest BCUT2D eigenvalue weighted by Gasteiger charge is 2.21. The second-order valence-electron chi connectivity index (χ2n) is 6.05. The molecule has 10 heteroatoms. The van der Waals surface area contributed by atoms with Gasteiger partial charge in [-0.05, 0) is 35.0 Å². The van der Waals surface area contributed by atoms with Crippen LogP contribution in [-0.4, -0.2) is 30.9 Å². The molecular weight excluding hydrogens is 422 g/mol. The Labute approximate surface area is 178 Å². The van der Waals surface area contributed by atoms with Crippen molar-refractivity contribution in [3.63, 3.8) is 0 Å². The highest BCUT2D eigenvalue weighted by atomic mass is 32.1. The standard InChI is InChI=1S/C20H13N5O3S2/c26-20(27-12-16-21-17(24-28-16)14-8-4-10-29-14)18-22-19(15-9-5-11-30-15)25(23-18)13-6-2-1-3-7-13/h1-11H,12H2. The van der Waals surface area contributed by atoms with Gasteiger partial charge in [0.2, 0.25) is 5.82 Å². The summed E-state index contributed by atoms with van der Waals surface area (Å²) in [6.45, 7) is -0.161. The lowest BCUT2D eigenvalue weighted by Gasteiger charge is -2.03. The van der Waals surface area contributed by atoms with E-state index in [1.807, 2.05) is 65.4 Å². The summed E-state index contributed by atoms with van der Waals surface area (Å²) >= 11 is 3.01. The second-order valence-corrected chi connectivity index (χ2v) is 7.94. The maximum atomic E-state index is 12.6. The zero-order valence-electron chi connectivity index (χ0n) is 15.3. The van der Waals surface area contributed by atoms with Gasteiger partial charge in [0.25, 0.3) is 11.7 Å². The lowest BCUT2D eigenvalue weighted by atomic mass is 10.3. The maximum Gasteiger partial charge on any atom is 0.378 e. The number of hydrogen-bond acceptors (Lipinski definition) is 9. The van der Waals surface area contributed by atoms with Crippen molar-refractivity contribution in [1.82, 2.24) is 24.9 Å². The van der Waals surface area contributed by atoms with Crippen LogP contribution in [0.5, 0.6) is 0 Å². The molecule has 5 aromatic rings. The van der Waals surface area contributed by atoms with Crippen LogP contribution in [0.15, 0.2) is 69.9 Å². The molecule has 0 fully saturated rings. The van der Waals surface area contributed by atoms with Crippen LogP contribution in [0.25, 0.3) is 27.1 Å². The molecule has 0 radical (unpaired) electrons. The minimum Gasteiger partial charge on any atom is -0.450 e. The van der Waals surface area contributed by atoms with E-state index < -0.39 is 5.97 Å². The Morgan fingerprint density at radius 2 is 1.73 bits per heavy atom. The van der Waals surface area contributed by atoms with Gasteiger partial charge in [-0.15, -0.1) is 27.8 Å². The normalized spacial score (nSPS) is 10.9. The van der Waals surface area contributed by atoms with Gasteiger partial charge in [-0.3, -0.25) is 0 Å². The summed E-state index contributed by atoms with van der Waals surface area (Å²) in [7, 11) is 0.